The van der Waals surface area contributed by atoms with Crippen LogP contribution in [0.1, 0.15) is 57.1 Å². The van der Waals surface area contributed by atoms with Crippen LogP contribution in [0.5, 0.6) is 0 Å². The van der Waals surface area contributed by atoms with Crippen molar-refractivity contribution < 1.29 is 4.39 Å². The molecule has 0 radical (unpaired) electrons. The smallest absolute Gasteiger partial charge is 0.213 e. The molecule has 188 valence electrons. The lowest BCUT2D eigenvalue weighted by Crippen LogP contribution is -2.24. The quantitative estimate of drug-likeness (QED) is 0.185. The van der Waals surface area contributed by atoms with Gasteiger partial charge in [-0.15, -0.1) is 6.58 Å². The Bertz CT molecular complexity index is 1220. The molecule has 5 heteroatoms. The summed E-state index contributed by atoms with van der Waals surface area (Å²) in [5.41, 5.74) is 7.73. The van der Waals surface area contributed by atoms with E-state index in [-0.39, 0.29) is 0 Å². The second kappa shape index (κ2) is 12.1. The number of aliphatic imine (C=N–C) groups is 1. The van der Waals surface area contributed by atoms with E-state index < -0.39 is 5.95 Å². The molecule has 1 aliphatic rings. The average Bonchev–Trinajstić information content (AvgIpc) is 3.09. The molecule has 0 spiro atoms. The van der Waals surface area contributed by atoms with Crippen molar-refractivity contribution in [3.63, 3.8) is 0 Å². The average molecular weight is 485 g/mol. The van der Waals surface area contributed by atoms with Crippen molar-refractivity contribution in [2.45, 2.75) is 59.3 Å². The number of benzene rings is 1. The number of hydrogen-bond donors (Lipinski definition) is 0. The maximum atomic E-state index is 13.6. The molecule has 2 aromatic heterocycles. The van der Waals surface area contributed by atoms with Gasteiger partial charge in [0.2, 0.25) is 5.95 Å². The molecule has 0 saturated carbocycles. The summed E-state index contributed by atoms with van der Waals surface area (Å²) < 4.78 is 13.6. The minimum absolute atomic E-state index is 0.460. The van der Waals surface area contributed by atoms with Crippen LogP contribution in [-0.2, 0) is 6.42 Å². The molecule has 4 rings (SSSR count). The second-order valence-corrected chi connectivity index (χ2v) is 10.0. The van der Waals surface area contributed by atoms with Gasteiger partial charge < -0.3 is 4.90 Å². The maximum absolute atomic E-state index is 13.6. The predicted octanol–water partition coefficient (Wildman–Crippen LogP) is 7.89. The third-order valence-electron chi connectivity index (χ3n) is 7.00. The first-order valence-corrected chi connectivity index (χ1v) is 13.0. The molecule has 1 saturated heterocycles. The zero-order valence-electron chi connectivity index (χ0n) is 21.8. The standard InChI is InChI=1S/C31H37FN4/c1-5-27(19-25-8-10-29(23(4)18-25)26-12-14-33-30(32)20-26)35-31-11-9-28(21-34-31)36-15-6-7-24(13-16-36)17-22(2)3/h8-12,14,18,20-21,24H,2,5-7,13,15-17,19H2,1,3-4H3. The first kappa shape index (κ1) is 25.7. The Morgan fingerprint density at radius 3 is 2.67 bits per heavy atom. The number of hydrogen-bond acceptors (Lipinski definition) is 4. The number of halogens is 1. The third kappa shape index (κ3) is 6.87. The van der Waals surface area contributed by atoms with Crippen molar-refractivity contribution in [3.05, 3.63) is 84.1 Å². The van der Waals surface area contributed by atoms with Gasteiger partial charge in [0, 0.05) is 37.5 Å². The van der Waals surface area contributed by atoms with Crippen molar-refractivity contribution >= 4 is 17.2 Å². The summed E-state index contributed by atoms with van der Waals surface area (Å²) in [7, 11) is 0. The Kier molecular flexibility index (Phi) is 8.63. The molecule has 0 amide bonds. The van der Waals surface area contributed by atoms with Gasteiger partial charge in [0.25, 0.3) is 0 Å². The molecule has 3 aromatic rings. The van der Waals surface area contributed by atoms with E-state index in [2.05, 4.69) is 66.5 Å². The van der Waals surface area contributed by atoms with Crippen LogP contribution in [0.25, 0.3) is 11.1 Å². The molecule has 1 aromatic carbocycles. The molecule has 0 N–H and O–H groups in total. The van der Waals surface area contributed by atoms with Gasteiger partial charge in [-0.05, 0) is 92.3 Å². The van der Waals surface area contributed by atoms with Crippen LogP contribution in [0.2, 0.25) is 0 Å². The van der Waals surface area contributed by atoms with Crippen LogP contribution in [0.4, 0.5) is 15.9 Å². The van der Waals surface area contributed by atoms with Crippen molar-refractivity contribution in [2.75, 3.05) is 18.0 Å². The molecule has 3 heterocycles. The molecule has 0 bridgehead atoms. The third-order valence-corrected chi connectivity index (χ3v) is 7.00. The van der Waals surface area contributed by atoms with Gasteiger partial charge in [0.15, 0.2) is 5.82 Å². The van der Waals surface area contributed by atoms with E-state index >= 15 is 0 Å². The topological polar surface area (TPSA) is 41.4 Å². The molecular formula is C31H37FN4. The fourth-order valence-corrected chi connectivity index (χ4v) is 5.12. The molecule has 1 atom stereocenters. The van der Waals surface area contributed by atoms with Gasteiger partial charge in [-0.3, -0.25) is 0 Å². The minimum atomic E-state index is -0.460. The Morgan fingerprint density at radius 2 is 1.97 bits per heavy atom. The largest absolute Gasteiger partial charge is 0.370 e. The van der Waals surface area contributed by atoms with Gasteiger partial charge in [-0.1, -0.05) is 30.7 Å². The highest BCUT2D eigenvalue weighted by atomic mass is 19.1. The summed E-state index contributed by atoms with van der Waals surface area (Å²) in [6.07, 6.45) is 9.94. The summed E-state index contributed by atoms with van der Waals surface area (Å²) in [4.78, 5) is 15.7. The summed E-state index contributed by atoms with van der Waals surface area (Å²) in [5.74, 6) is 1.05. The SMILES string of the molecule is C=C(C)CC1CCCN(c2ccc(N=C(CC)Cc3ccc(-c4ccnc(F)c4)c(C)c3)nc2)CC1. The van der Waals surface area contributed by atoms with E-state index in [4.69, 9.17) is 4.99 Å². The normalized spacial score (nSPS) is 16.6. The minimum Gasteiger partial charge on any atom is -0.370 e. The highest BCUT2D eigenvalue weighted by molar-refractivity contribution is 5.88. The van der Waals surface area contributed by atoms with E-state index in [0.29, 0.717) is 0 Å². The highest BCUT2D eigenvalue weighted by Gasteiger charge is 2.17. The zero-order valence-corrected chi connectivity index (χ0v) is 21.8. The fraction of sp³-hybridized carbons (Fsp3) is 0.387. The van der Waals surface area contributed by atoms with E-state index in [1.165, 1.54) is 48.3 Å². The number of nitrogens with zero attached hydrogens (tertiary/aromatic N) is 4. The summed E-state index contributed by atoms with van der Waals surface area (Å²) in [6, 6.07) is 13.8. The Morgan fingerprint density at radius 1 is 1.11 bits per heavy atom. The molecule has 4 nitrogen and oxygen atoms in total. The van der Waals surface area contributed by atoms with Crippen LogP contribution in [0, 0.1) is 18.8 Å². The molecule has 36 heavy (non-hydrogen) atoms. The van der Waals surface area contributed by atoms with Crippen LogP contribution in [0.15, 0.2) is 72.0 Å². The van der Waals surface area contributed by atoms with Gasteiger partial charge in [0.05, 0.1) is 11.9 Å². The lowest BCUT2D eigenvalue weighted by molar-refractivity contribution is 0.470. The van der Waals surface area contributed by atoms with Gasteiger partial charge in [0.1, 0.15) is 0 Å². The molecule has 1 fully saturated rings. The van der Waals surface area contributed by atoms with E-state index in [1.54, 1.807) is 0 Å². The molecule has 0 aliphatic carbocycles. The fourth-order valence-electron chi connectivity index (χ4n) is 5.12. The number of aryl methyl sites for hydroxylation is 1. The van der Waals surface area contributed by atoms with E-state index in [1.807, 2.05) is 18.3 Å². The maximum Gasteiger partial charge on any atom is 0.213 e. The number of allylic oxidation sites excluding steroid dienone is 1. The summed E-state index contributed by atoms with van der Waals surface area (Å²) in [6.45, 7) is 12.6. The molecule has 1 aliphatic heterocycles. The van der Waals surface area contributed by atoms with E-state index in [0.717, 1.165) is 66.5 Å². The number of anilines is 1. The Hall–Kier alpha value is -3.34. The summed E-state index contributed by atoms with van der Waals surface area (Å²) >= 11 is 0. The van der Waals surface area contributed by atoms with Crippen molar-refractivity contribution in [1.82, 2.24) is 9.97 Å². The summed E-state index contributed by atoms with van der Waals surface area (Å²) in [5, 5.41) is 0. The Labute approximate surface area is 215 Å². The predicted molar refractivity (Wildman–Crippen MR) is 149 cm³/mol. The van der Waals surface area contributed by atoms with Crippen LogP contribution in [-0.4, -0.2) is 28.8 Å². The monoisotopic (exact) mass is 484 g/mol. The van der Waals surface area contributed by atoms with Crippen LogP contribution < -0.4 is 4.90 Å². The van der Waals surface area contributed by atoms with Crippen LogP contribution in [0.3, 0.4) is 0 Å². The number of aromatic nitrogens is 2. The number of pyridine rings is 2. The highest BCUT2D eigenvalue weighted by Crippen LogP contribution is 2.28. The Balaban J connectivity index is 1.42. The van der Waals surface area contributed by atoms with Gasteiger partial charge in [-0.2, -0.15) is 4.39 Å². The van der Waals surface area contributed by atoms with Crippen LogP contribution >= 0.6 is 0 Å². The van der Waals surface area contributed by atoms with Gasteiger partial charge in [-0.25, -0.2) is 15.0 Å². The van der Waals surface area contributed by atoms with Gasteiger partial charge >= 0.3 is 0 Å². The lowest BCUT2D eigenvalue weighted by atomic mass is 9.94. The first-order chi connectivity index (χ1) is 17.4. The van der Waals surface area contributed by atoms with Crippen molar-refractivity contribution in [3.8, 4) is 11.1 Å². The second-order valence-electron chi connectivity index (χ2n) is 10.0. The lowest BCUT2D eigenvalue weighted by Gasteiger charge is -2.22. The molecular weight excluding hydrogens is 447 g/mol. The van der Waals surface area contributed by atoms with Crippen molar-refractivity contribution in [1.29, 1.82) is 0 Å². The van der Waals surface area contributed by atoms with Crippen molar-refractivity contribution in [2.24, 2.45) is 10.9 Å². The first-order valence-electron chi connectivity index (χ1n) is 13.0. The van der Waals surface area contributed by atoms with E-state index in [9.17, 15) is 4.39 Å². The zero-order chi connectivity index (χ0) is 25.5. The number of rotatable bonds is 8. The molecule has 1 unspecified atom stereocenters.